The van der Waals surface area contributed by atoms with Crippen molar-refractivity contribution in [3.05, 3.63) is 33.5 Å². The number of carboxylic acid groups (broad SMARTS) is 1. The molecule has 1 saturated carbocycles. The van der Waals surface area contributed by atoms with Crippen molar-refractivity contribution in [1.29, 1.82) is 0 Å². The summed E-state index contributed by atoms with van der Waals surface area (Å²) < 4.78 is 43.3. The van der Waals surface area contributed by atoms with Gasteiger partial charge in [0.2, 0.25) is 11.8 Å². The van der Waals surface area contributed by atoms with Crippen LogP contribution >= 0.6 is 23.1 Å². The SMILES string of the molecule is Nc1nc([C@@H](NOCC(=O)O)C(=O)N[C@@H]2C(=O)N3C(C(=O)OC(=O)C(F)(F)F)=C(/C(CC4CC4)=C4\CCNC4=O)CS[C@H]23)cs1. The second-order valence-corrected chi connectivity index (χ2v) is 12.3. The highest BCUT2D eigenvalue weighted by Gasteiger charge is 2.56. The van der Waals surface area contributed by atoms with Gasteiger partial charge >= 0.3 is 24.1 Å². The van der Waals surface area contributed by atoms with Crippen molar-refractivity contribution < 1.29 is 56.6 Å². The first kappa shape index (κ1) is 32.4. The van der Waals surface area contributed by atoms with Gasteiger partial charge in [-0.2, -0.15) is 18.7 Å². The number of anilines is 1. The number of rotatable bonds is 11. The number of hydroxylamine groups is 1. The predicted molar refractivity (Wildman–Crippen MR) is 147 cm³/mol. The number of fused-ring (bicyclic) bond motifs is 1. The zero-order chi connectivity index (χ0) is 32.6. The number of hydrogen-bond acceptors (Lipinski definition) is 13. The first-order valence-corrected chi connectivity index (χ1v) is 15.3. The van der Waals surface area contributed by atoms with Crippen molar-refractivity contribution in [3.8, 4) is 0 Å². The number of nitrogens with two attached hydrogens (primary N) is 1. The van der Waals surface area contributed by atoms with E-state index < -0.39 is 71.6 Å². The summed E-state index contributed by atoms with van der Waals surface area (Å²) in [5.74, 6) is -7.94. The normalized spacial score (nSPS) is 23.1. The number of carbonyl (C=O) groups excluding carboxylic acids is 5. The second kappa shape index (κ2) is 12.8. The lowest BCUT2D eigenvalue weighted by Crippen LogP contribution is -2.71. The number of aliphatic carboxylic acids is 1. The van der Waals surface area contributed by atoms with Crippen LogP contribution in [0.2, 0.25) is 0 Å². The Labute approximate surface area is 259 Å². The van der Waals surface area contributed by atoms with Crippen molar-refractivity contribution in [2.45, 2.75) is 49.3 Å². The fraction of sp³-hybridized carbons (Fsp3) is 0.480. The lowest BCUT2D eigenvalue weighted by atomic mass is 9.91. The Hall–Kier alpha value is -4.01. The number of aromatic nitrogens is 1. The van der Waals surface area contributed by atoms with Crippen LogP contribution in [-0.2, 0) is 38.3 Å². The van der Waals surface area contributed by atoms with Crippen LogP contribution in [0.4, 0.5) is 18.3 Å². The summed E-state index contributed by atoms with van der Waals surface area (Å²) in [5.41, 5.74) is 8.19. The molecule has 15 nitrogen and oxygen atoms in total. The Morgan fingerprint density at radius 3 is 2.56 bits per heavy atom. The van der Waals surface area contributed by atoms with E-state index in [0.717, 1.165) is 40.8 Å². The molecule has 4 heterocycles. The van der Waals surface area contributed by atoms with Crippen molar-refractivity contribution in [1.82, 2.24) is 26.0 Å². The highest BCUT2D eigenvalue weighted by molar-refractivity contribution is 8.00. The Balaban J connectivity index is 1.44. The van der Waals surface area contributed by atoms with E-state index in [9.17, 15) is 41.9 Å². The summed E-state index contributed by atoms with van der Waals surface area (Å²) in [4.78, 5) is 84.7. The van der Waals surface area contributed by atoms with Gasteiger partial charge in [0.25, 0.3) is 5.91 Å². The zero-order valence-corrected chi connectivity index (χ0v) is 24.6. The van der Waals surface area contributed by atoms with E-state index in [1.807, 2.05) is 0 Å². The number of thiazole rings is 1. The van der Waals surface area contributed by atoms with Gasteiger partial charge in [-0.3, -0.25) is 24.1 Å². The lowest BCUT2D eigenvalue weighted by molar-refractivity contribution is -0.201. The molecule has 0 radical (unpaired) electrons. The molecule has 0 aromatic carbocycles. The molecule has 45 heavy (non-hydrogen) atoms. The molecular weight excluding hydrogens is 649 g/mol. The lowest BCUT2D eigenvalue weighted by Gasteiger charge is -2.50. The molecule has 1 aromatic rings. The van der Waals surface area contributed by atoms with Crippen LogP contribution in [0.15, 0.2) is 27.8 Å². The Morgan fingerprint density at radius 2 is 1.98 bits per heavy atom. The van der Waals surface area contributed by atoms with Crippen LogP contribution in [0.5, 0.6) is 0 Å². The number of β-lactam (4-membered cyclic amide) rings is 1. The number of thioether (sulfide) groups is 1. The first-order chi connectivity index (χ1) is 21.3. The molecule has 1 aromatic heterocycles. The largest absolute Gasteiger partial charge is 0.491 e. The minimum atomic E-state index is -5.50. The number of carbonyl (C=O) groups is 6. The van der Waals surface area contributed by atoms with Gasteiger partial charge < -0.3 is 26.2 Å². The van der Waals surface area contributed by atoms with E-state index in [-0.39, 0.29) is 34.5 Å². The van der Waals surface area contributed by atoms with Crippen LogP contribution in [0.1, 0.15) is 37.4 Å². The number of nitrogen functional groups attached to an aromatic ring is 1. The van der Waals surface area contributed by atoms with Gasteiger partial charge in [-0.15, -0.1) is 23.1 Å². The molecule has 0 unspecified atom stereocenters. The van der Waals surface area contributed by atoms with Crippen LogP contribution in [-0.4, -0.2) is 87.1 Å². The van der Waals surface area contributed by atoms with Gasteiger partial charge in [-0.25, -0.2) is 19.4 Å². The summed E-state index contributed by atoms with van der Waals surface area (Å²) in [6.45, 7) is -0.519. The summed E-state index contributed by atoms with van der Waals surface area (Å²) >= 11 is 2.06. The van der Waals surface area contributed by atoms with Crippen molar-refractivity contribution in [2.75, 3.05) is 24.6 Å². The highest BCUT2D eigenvalue weighted by Crippen LogP contribution is 2.47. The number of halogens is 3. The maximum Gasteiger partial charge on any atom is 0.491 e. The van der Waals surface area contributed by atoms with E-state index in [4.69, 9.17) is 15.7 Å². The van der Waals surface area contributed by atoms with Crippen molar-refractivity contribution in [2.24, 2.45) is 5.92 Å². The third-order valence-electron chi connectivity index (χ3n) is 7.22. The van der Waals surface area contributed by atoms with Gasteiger partial charge in [0, 0.05) is 23.3 Å². The summed E-state index contributed by atoms with van der Waals surface area (Å²) in [6.07, 6.45) is -3.22. The monoisotopic (exact) mass is 674 g/mol. The van der Waals surface area contributed by atoms with Gasteiger partial charge in [0.1, 0.15) is 17.1 Å². The molecule has 3 amide bonds. The van der Waals surface area contributed by atoms with E-state index in [1.54, 1.807) is 0 Å². The second-order valence-electron chi connectivity index (χ2n) is 10.4. The number of carboxylic acids is 1. The number of ether oxygens (including phenoxy) is 1. The molecule has 20 heteroatoms. The van der Waals surface area contributed by atoms with Crippen LogP contribution in [0.3, 0.4) is 0 Å². The zero-order valence-electron chi connectivity index (χ0n) is 23.0. The molecule has 242 valence electrons. The molecule has 0 spiro atoms. The molecule has 6 N–H and O–H groups in total. The molecule has 3 fully saturated rings. The summed E-state index contributed by atoms with van der Waals surface area (Å²) in [5, 5.41) is 14.5. The van der Waals surface area contributed by atoms with E-state index in [1.165, 1.54) is 5.38 Å². The van der Waals surface area contributed by atoms with Crippen molar-refractivity contribution >= 4 is 63.9 Å². The first-order valence-electron chi connectivity index (χ1n) is 13.4. The molecule has 3 aliphatic heterocycles. The molecule has 3 atom stereocenters. The number of allylic oxidation sites excluding steroid dienone is 1. The maximum absolute atomic E-state index is 13.5. The summed E-state index contributed by atoms with van der Waals surface area (Å²) in [7, 11) is 0. The molecule has 5 rings (SSSR count). The van der Waals surface area contributed by atoms with Gasteiger partial charge in [0.05, 0.1) is 5.69 Å². The molecule has 2 saturated heterocycles. The van der Waals surface area contributed by atoms with Crippen molar-refractivity contribution in [3.63, 3.8) is 0 Å². The Kier molecular flexibility index (Phi) is 9.19. The average Bonchev–Trinajstić information content (AvgIpc) is 3.54. The third-order valence-corrected chi connectivity index (χ3v) is 9.20. The van der Waals surface area contributed by atoms with Crippen LogP contribution < -0.4 is 21.8 Å². The average molecular weight is 675 g/mol. The number of esters is 2. The van der Waals surface area contributed by atoms with E-state index in [0.29, 0.717) is 24.1 Å². The molecular formula is C25H25F3N6O9S2. The van der Waals surface area contributed by atoms with Gasteiger partial charge in [-0.1, -0.05) is 0 Å². The molecule has 1 aliphatic carbocycles. The fourth-order valence-corrected chi connectivity index (χ4v) is 6.96. The minimum Gasteiger partial charge on any atom is -0.479 e. The van der Waals surface area contributed by atoms with E-state index >= 15 is 0 Å². The molecule has 0 bridgehead atoms. The summed E-state index contributed by atoms with van der Waals surface area (Å²) in [6, 6.07) is -2.73. The standard InChI is InChI=1S/C25H25F3N6O9S2/c26-25(27,28)23(41)43-22(40)17-12(11(5-9-1-2-9)10-3-4-30-18(10)37)7-44-21-16(20(39)34(17)21)32-19(38)15(33-42-6-14(35)36)13-8-45-24(29)31-13/h8-9,15-16,21,33H,1-7H2,(H2,29,31)(H,30,37)(H,32,38)(H,35,36)/b11-10+/t15-,16-,21-/m1/s1. The Morgan fingerprint density at radius 1 is 1.24 bits per heavy atom. The number of nitrogens with one attached hydrogen (secondary N) is 3. The smallest absolute Gasteiger partial charge is 0.479 e. The number of alkyl halides is 3. The quantitative estimate of drug-likeness (QED) is 0.0701. The topological polar surface area (TPSA) is 219 Å². The maximum atomic E-state index is 13.5. The minimum absolute atomic E-state index is 0.0450. The fourth-order valence-electron chi connectivity index (χ4n) is 4.98. The highest BCUT2D eigenvalue weighted by atomic mass is 32.2. The Bertz CT molecular complexity index is 1520. The third kappa shape index (κ3) is 6.97. The van der Waals surface area contributed by atoms with Crippen LogP contribution in [0.25, 0.3) is 0 Å². The number of hydrogen-bond donors (Lipinski definition) is 5. The number of amides is 3. The van der Waals surface area contributed by atoms with Crippen LogP contribution in [0, 0.1) is 5.92 Å². The van der Waals surface area contributed by atoms with E-state index in [2.05, 4.69) is 25.8 Å². The predicted octanol–water partition coefficient (Wildman–Crippen LogP) is 0.275. The van der Waals surface area contributed by atoms with Gasteiger partial charge in [-0.05, 0) is 42.7 Å². The van der Waals surface area contributed by atoms with Gasteiger partial charge in [0.15, 0.2) is 17.8 Å². The number of nitrogens with zero attached hydrogens (tertiary/aromatic N) is 2. The molecule has 4 aliphatic rings.